The highest BCUT2D eigenvalue weighted by Gasteiger charge is 2.29. The predicted octanol–water partition coefficient (Wildman–Crippen LogP) is 3.26. The number of hydrogen-bond acceptors (Lipinski definition) is 2. The first-order valence-corrected chi connectivity index (χ1v) is 7.52. The lowest BCUT2D eigenvalue weighted by Crippen LogP contribution is -2.48. The van der Waals surface area contributed by atoms with E-state index in [-0.39, 0.29) is 0 Å². The zero-order valence-corrected chi connectivity index (χ0v) is 12.3. The van der Waals surface area contributed by atoms with E-state index in [1.165, 1.54) is 38.5 Å². The summed E-state index contributed by atoms with van der Waals surface area (Å²) in [5.74, 6) is 1.77. The molecule has 17 heavy (non-hydrogen) atoms. The monoisotopic (exact) mass is 240 g/mol. The fourth-order valence-electron chi connectivity index (χ4n) is 3.31. The van der Waals surface area contributed by atoms with Gasteiger partial charge in [-0.1, -0.05) is 33.1 Å². The Kier molecular flexibility index (Phi) is 6.50. The van der Waals surface area contributed by atoms with Crippen LogP contribution < -0.4 is 5.73 Å². The molecule has 2 unspecified atom stereocenters. The summed E-state index contributed by atoms with van der Waals surface area (Å²) in [5.41, 5.74) is 6.03. The molecule has 0 aromatic heterocycles. The van der Waals surface area contributed by atoms with Crippen LogP contribution in [0.5, 0.6) is 0 Å². The third kappa shape index (κ3) is 4.26. The highest BCUT2D eigenvalue weighted by molar-refractivity contribution is 4.84. The third-order valence-electron chi connectivity index (χ3n) is 4.77. The molecule has 0 spiro atoms. The van der Waals surface area contributed by atoms with E-state index in [0.717, 1.165) is 18.4 Å². The van der Waals surface area contributed by atoms with E-state index >= 15 is 0 Å². The molecule has 2 N–H and O–H groups in total. The van der Waals surface area contributed by atoms with Crippen LogP contribution in [0.25, 0.3) is 0 Å². The lowest BCUT2D eigenvalue weighted by atomic mass is 9.78. The maximum Gasteiger partial charge on any atom is 0.0246 e. The van der Waals surface area contributed by atoms with Crippen LogP contribution in [-0.2, 0) is 0 Å². The summed E-state index contributed by atoms with van der Waals surface area (Å²) < 4.78 is 0. The number of nitrogens with zero attached hydrogens (tertiary/aromatic N) is 1. The molecular weight excluding hydrogens is 208 g/mol. The second-order valence-corrected chi connectivity index (χ2v) is 6.13. The van der Waals surface area contributed by atoms with Crippen LogP contribution >= 0.6 is 0 Å². The van der Waals surface area contributed by atoms with E-state index < -0.39 is 0 Å². The Labute approximate surface area is 108 Å². The molecule has 102 valence electrons. The Bertz CT molecular complexity index is 195. The molecule has 1 aliphatic carbocycles. The minimum absolute atomic E-state index is 0.601. The molecule has 1 saturated carbocycles. The fraction of sp³-hybridized carbons (Fsp3) is 1.00. The van der Waals surface area contributed by atoms with Gasteiger partial charge in [-0.3, -0.25) is 4.90 Å². The average Bonchev–Trinajstić information content (AvgIpc) is 2.32. The summed E-state index contributed by atoms with van der Waals surface area (Å²) in [4.78, 5) is 2.55. The molecule has 1 aliphatic rings. The first-order valence-electron chi connectivity index (χ1n) is 7.52. The van der Waals surface area contributed by atoms with Gasteiger partial charge in [0.05, 0.1) is 0 Å². The van der Waals surface area contributed by atoms with E-state index in [0.29, 0.717) is 12.1 Å². The SMILES string of the molecule is CCCC(C)N(C)C(CN)C1CCC(C)CC1. The van der Waals surface area contributed by atoms with Crippen LogP contribution in [0.15, 0.2) is 0 Å². The summed E-state index contributed by atoms with van der Waals surface area (Å²) in [5, 5.41) is 0. The first-order chi connectivity index (χ1) is 8.10. The summed E-state index contributed by atoms with van der Waals surface area (Å²) >= 11 is 0. The molecule has 0 aromatic carbocycles. The van der Waals surface area contributed by atoms with Crippen molar-refractivity contribution in [3.05, 3.63) is 0 Å². The average molecular weight is 240 g/mol. The first kappa shape index (κ1) is 15.0. The minimum Gasteiger partial charge on any atom is -0.329 e. The summed E-state index contributed by atoms with van der Waals surface area (Å²) in [6, 6.07) is 1.27. The van der Waals surface area contributed by atoms with Gasteiger partial charge in [-0.15, -0.1) is 0 Å². The van der Waals surface area contributed by atoms with Crippen molar-refractivity contribution in [2.45, 2.75) is 71.4 Å². The van der Waals surface area contributed by atoms with E-state index in [2.05, 4.69) is 32.7 Å². The largest absolute Gasteiger partial charge is 0.329 e. The molecule has 0 heterocycles. The molecule has 0 saturated heterocycles. The molecule has 1 fully saturated rings. The number of hydrogen-bond donors (Lipinski definition) is 1. The molecule has 0 aromatic rings. The zero-order valence-electron chi connectivity index (χ0n) is 12.3. The van der Waals surface area contributed by atoms with Gasteiger partial charge in [0.15, 0.2) is 0 Å². The minimum atomic E-state index is 0.601. The Balaban J connectivity index is 2.51. The predicted molar refractivity (Wildman–Crippen MR) is 76.1 cm³/mol. The second kappa shape index (κ2) is 7.38. The molecule has 2 atom stereocenters. The molecular formula is C15H32N2. The van der Waals surface area contributed by atoms with Gasteiger partial charge in [0.25, 0.3) is 0 Å². The number of rotatable bonds is 6. The van der Waals surface area contributed by atoms with Gasteiger partial charge < -0.3 is 5.73 Å². The molecule has 0 radical (unpaired) electrons. The highest BCUT2D eigenvalue weighted by atomic mass is 15.2. The molecule has 0 bridgehead atoms. The van der Waals surface area contributed by atoms with Crippen LogP contribution in [0, 0.1) is 11.8 Å². The van der Waals surface area contributed by atoms with E-state index in [4.69, 9.17) is 5.73 Å². The Hall–Kier alpha value is -0.0800. The van der Waals surface area contributed by atoms with Gasteiger partial charge in [0.2, 0.25) is 0 Å². The van der Waals surface area contributed by atoms with Crippen molar-refractivity contribution < 1.29 is 0 Å². The van der Waals surface area contributed by atoms with Crippen molar-refractivity contribution >= 4 is 0 Å². The van der Waals surface area contributed by atoms with Crippen molar-refractivity contribution in [2.75, 3.05) is 13.6 Å². The Morgan fingerprint density at radius 1 is 1.24 bits per heavy atom. The topological polar surface area (TPSA) is 29.3 Å². The van der Waals surface area contributed by atoms with Crippen LogP contribution in [0.4, 0.5) is 0 Å². The summed E-state index contributed by atoms with van der Waals surface area (Å²) in [6.45, 7) is 7.82. The molecule has 2 nitrogen and oxygen atoms in total. The highest BCUT2D eigenvalue weighted by Crippen LogP contribution is 2.32. The normalized spacial score (nSPS) is 29.3. The van der Waals surface area contributed by atoms with Crippen molar-refractivity contribution in [2.24, 2.45) is 17.6 Å². The van der Waals surface area contributed by atoms with Crippen LogP contribution in [0.3, 0.4) is 0 Å². The molecule has 1 rings (SSSR count). The van der Waals surface area contributed by atoms with Crippen molar-refractivity contribution in [3.63, 3.8) is 0 Å². The maximum absolute atomic E-state index is 6.03. The summed E-state index contributed by atoms with van der Waals surface area (Å²) in [6.07, 6.45) is 8.12. The van der Waals surface area contributed by atoms with E-state index in [1.807, 2.05) is 0 Å². The fourth-order valence-corrected chi connectivity index (χ4v) is 3.31. The van der Waals surface area contributed by atoms with Crippen molar-refractivity contribution in [1.82, 2.24) is 4.90 Å². The molecule has 0 aliphatic heterocycles. The maximum atomic E-state index is 6.03. The zero-order chi connectivity index (χ0) is 12.8. The second-order valence-electron chi connectivity index (χ2n) is 6.13. The van der Waals surface area contributed by atoms with Gasteiger partial charge in [-0.05, 0) is 45.1 Å². The quantitative estimate of drug-likeness (QED) is 0.772. The van der Waals surface area contributed by atoms with Crippen molar-refractivity contribution in [1.29, 1.82) is 0 Å². The standard InChI is InChI=1S/C15H32N2/c1-5-6-13(3)17(4)15(11-16)14-9-7-12(2)8-10-14/h12-15H,5-11,16H2,1-4H3. The van der Waals surface area contributed by atoms with Crippen LogP contribution in [0.2, 0.25) is 0 Å². The molecule has 0 amide bonds. The van der Waals surface area contributed by atoms with Crippen molar-refractivity contribution in [3.8, 4) is 0 Å². The van der Waals surface area contributed by atoms with Gasteiger partial charge >= 0.3 is 0 Å². The van der Waals surface area contributed by atoms with E-state index in [1.54, 1.807) is 0 Å². The van der Waals surface area contributed by atoms with Gasteiger partial charge in [0, 0.05) is 18.6 Å². The van der Waals surface area contributed by atoms with Crippen LogP contribution in [-0.4, -0.2) is 30.6 Å². The summed E-state index contributed by atoms with van der Waals surface area (Å²) in [7, 11) is 2.27. The lowest BCUT2D eigenvalue weighted by molar-refractivity contribution is 0.100. The van der Waals surface area contributed by atoms with E-state index in [9.17, 15) is 0 Å². The lowest BCUT2D eigenvalue weighted by Gasteiger charge is -2.40. The van der Waals surface area contributed by atoms with Gasteiger partial charge in [0.1, 0.15) is 0 Å². The van der Waals surface area contributed by atoms with Gasteiger partial charge in [-0.2, -0.15) is 0 Å². The van der Waals surface area contributed by atoms with Crippen LogP contribution in [0.1, 0.15) is 59.3 Å². The Morgan fingerprint density at radius 3 is 2.29 bits per heavy atom. The number of nitrogens with two attached hydrogens (primary N) is 1. The number of likely N-dealkylation sites (N-methyl/N-ethyl adjacent to an activating group) is 1. The molecule has 2 heteroatoms. The third-order valence-corrected chi connectivity index (χ3v) is 4.77. The van der Waals surface area contributed by atoms with Gasteiger partial charge in [-0.25, -0.2) is 0 Å². The Morgan fingerprint density at radius 2 is 1.82 bits per heavy atom. The smallest absolute Gasteiger partial charge is 0.0246 e.